The summed E-state index contributed by atoms with van der Waals surface area (Å²) >= 11 is 6.13. The van der Waals surface area contributed by atoms with Crippen molar-refractivity contribution >= 4 is 38.8 Å². The van der Waals surface area contributed by atoms with E-state index in [0.717, 1.165) is 11.4 Å². The molecule has 17 heteroatoms. The molecule has 3 aromatic heterocycles. The van der Waals surface area contributed by atoms with Crippen molar-refractivity contribution in [1.29, 1.82) is 0 Å². The van der Waals surface area contributed by atoms with Crippen LogP contribution >= 0.6 is 11.6 Å². The molecule has 0 aliphatic rings. The van der Waals surface area contributed by atoms with E-state index in [-0.39, 0.29) is 5.65 Å². The zero-order valence-corrected chi connectivity index (χ0v) is 17.4. The Bertz CT molecular complexity index is 1330. The highest BCUT2D eigenvalue weighted by atomic mass is 35.5. The van der Waals surface area contributed by atoms with Crippen molar-refractivity contribution in [3.05, 3.63) is 23.2 Å². The van der Waals surface area contributed by atoms with Gasteiger partial charge in [-0.15, -0.1) is 0 Å². The molecule has 3 rings (SSSR count). The van der Waals surface area contributed by atoms with Crippen LogP contribution < -0.4 is 5.32 Å². The first kappa shape index (κ1) is 23.8. The van der Waals surface area contributed by atoms with E-state index >= 15 is 0 Å². The van der Waals surface area contributed by atoms with Crippen molar-refractivity contribution in [3.8, 4) is 11.4 Å². The van der Waals surface area contributed by atoms with Crippen LogP contribution in [0.3, 0.4) is 0 Å². The fourth-order valence-electron chi connectivity index (χ4n) is 2.64. The summed E-state index contributed by atoms with van der Waals surface area (Å²) in [5.41, 5.74) is -2.69. The second-order valence-corrected chi connectivity index (χ2v) is 8.83. The number of hydrogen-bond donors (Lipinski definition) is 1. The van der Waals surface area contributed by atoms with E-state index in [4.69, 9.17) is 11.6 Å². The number of nitrogens with one attached hydrogen (secondary N) is 1. The van der Waals surface area contributed by atoms with Crippen molar-refractivity contribution < 1.29 is 39.6 Å². The number of nitrogens with zero attached hydrogens (tertiary/aromatic N) is 5. The van der Waals surface area contributed by atoms with Gasteiger partial charge in [-0.1, -0.05) is 18.5 Å². The van der Waals surface area contributed by atoms with Crippen LogP contribution in [0, 0.1) is 0 Å². The highest BCUT2D eigenvalue weighted by Gasteiger charge is 2.41. The van der Waals surface area contributed by atoms with Crippen LogP contribution in [-0.2, 0) is 27.9 Å². The molecule has 0 radical (unpaired) electrons. The van der Waals surface area contributed by atoms with Gasteiger partial charge in [0.15, 0.2) is 15.7 Å². The predicted octanol–water partition coefficient (Wildman–Crippen LogP) is 3.10. The Morgan fingerprint density at radius 2 is 1.81 bits per heavy atom. The van der Waals surface area contributed by atoms with Crippen molar-refractivity contribution in [3.63, 3.8) is 0 Å². The fourth-order valence-corrected chi connectivity index (χ4v) is 4.10. The summed E-state index contributed by atoms with van der Waals surface area (Å²) < 4.78 is 104. The van der Waals surface area contributed by atoms with E-state index < -0.39 is 66.8 Å². The second-order valence-electron chi connectivity index (χ2n) is 6.26. The first-order chi connectivity index (χ1) is 14.6. The molecule has 0 aromatic carbocycles. The number of aromatic nitrogens is 5. The molecule has 0 saturated carbocycles. The van der Waals surface area contributed by atoms with E-state index in [2.05, 4.69) is 15.1 Å². The molecule has 0 spiro atoms. The van der Waals surface area contributed by atoms with Crippen LogP contribution in [0.4, 0.5) is 32.2 Å². The molecule has 174 valence electrons. The van der Waals surface area contributed by atoms with Gasteiger partial charge < -0.3 is 5.32 Å². The summed E-state index contributed by atoms with van der Waals surface area (Å²) in [4.78, 5) is 17.7. The fraction of sp³-hybridized carbons (Fsp3) is 0.333. The molecule has 32 heavy (non-hydrogen) atoms. The summed E-state index contributed by atoms with van der Waals surface area (Å²) in [6.45, 7) is 1.19. The Morgan fingerprint density at radius 1 is 1.19 bits per heavy atom. The Labute approximate surface area is 179 Å². The number of sulfone groups is 1. The molecule has 1 N–H and O–H groups in total. The van der Waals surface area contributed by atoms with Gasteiger partial charge in [0.25, 0.3) is 0 Å². The van der Waals surface area contributed by atoms with Gasteiger partial charge in [-0.05, 0) is 0 Å². The van der Waals surface area contributed by atoms with Crippen LogP contribution in [0.5, 0.6) is 0 Å². The van der Waals surface area contributed by atoms with Gasteiger partial charge in [-0.25, -0.2) is 18.4 Å². The summed E-state index contributed by atoms with van der Waals surface area (Å²) in [6, 6.07) is 0.540. The average molecular weight is 505 g/mol. The zero-order valence-electron chi connectivity index (χ0n) is 15.9. The summed E-state index contributed by atoms with van der Waals surface area (Å²) in [7, 11) is -3.28. The Balaban J connectivity index is 2.28. The predicted molar refractivity (Wildman–Crippen MR) is 97.6 cm³/mol. The monoisotopic (exact) mass is 504 g/mol. The first-order valence-corrected chi connectivity index (χ1v) is 10.4. The van der Waals surface area contributed by atoms with Gasteiger partial charge in [0.2, 0.25) is 0 Å². The SMILES string of the molecule is CCS(=O)(=O)c1c(-c2nc3cc(C(F)(F)F)ncn3c2Cl)nn(C)c1NC(=O)C(F)(F)F. The van der Waals surface area contributed by atoms with Crippen LogP contribution in [-0.4, -0.2) is 50.4 Å². The minimum absolute atomic E-state index is 0.376. The van der Waals surface area contributed by atoms with Gasteiger partial charge in [0.05, 0.1) is 5.75 Å². The lowest BCUT2D eigenvalue weighted by Gasteiger charge is -2.10. The number of carbonyl (C=O) groups is 1. The summed E-state index contributed by atoms with van der Waals surface area (Å²) in [6.07, 6.45) is -9.45. The molecule has 0 aliphatic heterocycles. The minimum Gasteiger partial charge on any atom is -0.302 e. The number of imidazole rings is 1. The van der Waals surface area contributed by atoms with E-state index in [9.17, 15) is 39.6 Å². The quantitative estimate of drug-likeness (QED) is 0.547. The second kappa shape index (κ2) is 7.61. The van der Waals surface area contributed by atoms with Crippen LogP contribution in [0.1, 0.15) is 12.6 Å². The van der Waals surface area contributed by atoms with Crippen LogP contribution in [0.15, 0.2) is 17.3 Å². The molecule has 1 amide bonds. The third-order valence-electron chi connectivity index (χ3n) is 4.16. The molecule has 0 saturated heterocycles. The highest BCUT2D eigenvalue weighted by molar-refractivity contribution is 7.91. The third-order valence-corrected chi connectivity index (χ3v) is 6.29. The summed E-state index contributed by atoms with van der Waals surface area (Å²) in [5, 5.41) is 4.86. The lowest BCUT2D eigenvalue weighted by molar-refractivity contribution is -0.167. The molecule has 0 bridgehead atoms. The highest BCUT2D eigenvalue weighted by Crippen LogP contribution is 2.38. The van der Waals surface area contributed by atoms with Gasteiger partial charge in [0.1, 0.15) is 39.1 Å². The van der Waals surface area contributed by atoms with Gasteiger partial charge >= 0.3 is 18.3 Å². The minimum atomic E-state index is -5.34. The summed E-state index contributed by atoms with van der Waals surface area (Å²) in [5.74, 6) is -3.88. The average Bonchev–Trinajstić information content (AvgIpc) is 3.17. The van der Waals surface area contributed by atoms with Crippen molar-refractivity contribution in [1.82, 2.24) is 24.1 Å². The number of carbonyl (C=O) groups excluding carboxylic acids is 1. The van der Waals surface area contributed by atoms with Crippen molar-refractivity contribution in [2.45, 2.75) is 24.2 Å². The third kappa shape index (κ3) is 4.11. The Hall–Kier alpha value is -2.88. The van der Waals surface area contributed by atoms with Gasteiger partial charge in [-0.3, -0.25) is 13.9 Å². The van der Waals surface area contributed by atoms with Crippen LogP contribution in [0.2, 0.25) is 5.15 Å². The topological polar surface area (TPSA) is 111 Å². The maximum Gasteiger partial charge on any atom is 0.471 e. The number of hydrogen-bond acceptors (Lipinski definition) is 6. The number of amides is 1. The molecule has 0 atom stereocenters. The van der Waals surface area contributed by atoms with E-state index in [1.54, 1.807) is 0 Å². The molecule has 3 heterocycles. The Kier molecular flexibility index (Phi) is 5.66. The number of rotatable bonds is 4. The molecular formula is C15H11ClF6N6O3S. The van der Waals surface area contributed by atoms with E-state index in [1.807, 2.05) is 0 Å². The van der Waals surface area contributed by atoms with Gasteiger partial charge in [0, 0.05) is 13.1 Å². The molecule has 0 unspecified atom stereocenters. The smallest absolute Gasteiger partial charge is 0.302 e. The molecule has 0 fully saturated rings. The molecule has 9 nitrogen and oxygen atoms in total. The van der Waals surface area contributed by atoms with Crippen molar-refractivity contribution in [2.24, 2.45) is 7.05 Å². The van der Waals surface area contributed by atoms with Crippen LogP contribution in [0.25, 0.3) is 17.0 Å². The van der Waals surface area contributed by atoms with E-state index in [1.165, 1.54) is 12.2 Å². The lowest BCUT2D eigenvalue weighted by Crippen LogP contribution is -2.31. The Morgan fingerprint density at radius 3 is 2.34 bits per heavy atom. The van der Waals surface area contributed by atoms with Gasteiger partial charge in [-0.2, -0.15) is 31.4 Å². The number of fused-ring (bicyclic) bond motifs is 1. The molecular weight excluding hydrogens is 494 g/mol. The normalized spacial score (nSPS) is 13.0. The number of anilines is 1. The van der Waals surface area contributed by atoms with E-state index in [0.29, 0.717) is 17.1 Å². The van der Waals surface area contributed by atoms with Crippen molar-refractivity contribution in [2.75, 3.05) is 11.1 Å². The first-order valence-electron chi connectivity index (χ1n) is 8.37. The number of alkyl halides is 6. The number of aryl methyl sites for hydroxylation is 1. The number of halogens is 7. The zero-order chi connectivity index (χ0) is 24.2. The largest absolute Gasteiger partial charge is 0.471 e. The standard InChI is InChI=1S/C15H11ClF6N6O3S/c1-3-32(30,31)10-8(26-27(2)12(10)25-13(29)15(20,21)22)9-11(16)28-5-23-6(14(17,18)19)4-7(28)24-9/h4-5H,3H2,1-2H3,(H,25,29). The maximum absolute atomic E-state index is 12.9. The maximum atomic E-state index is 12.9. The molecule has 3 aromatic rings. The molecule has 0 aliphatic carbocycles. The lowest BCUT2D eigenvalue weighted by atomic mass is 10.3.